The molecule has 0 saturated heterocycles. The Kier molecular flexibility index (Phi) is 8.91. The van der Waals surface area contributed by atoms with Gasteiger partial charge in [0.15, 0.2) is 11.6 Å². The smallest absolute Gasteiger partial charge is 0.341 e. The molecule has 0 bridgehead atoms. The molecule has 1 saturated carbocycles. The quantitative estimate of drug-likeness (QED) is 0.214. The van der Waals surface area contributed by atoms with Crippen molar-refractivity contribution in [2.45, 2.75) is 70.8 Å². The highest BCUT2D eigenvalue weighted by Gasteiger charge is 2.29. The fraction of sp³-hybridized carbons (Fsp3) is 0.387. The molecular weight excluding hydrogens is 477 g/mol. The maximum atomic E-state index is 15.0. The van der Waals surface area contributed by atoms with E-state index in [2.05, 4.69) is 6.92 Å². The van der Waals surface area contributed by atoms with Gasteiger partial charge in [-0.15, -0.1) is 0 Å². The van der Waals surface area contributed by atoms with E-state index in [9.17, 15) is 13.6 Å². The van der Waals surface area contributed by atoms with Crippen molar-refractivity contribution in [1.29, 1.82) is 0 Å². The van der Waals surface area contributed by atoms with Crippen LogP contribution in [0.1, 0.15) is 79.3 Å². The Morgan fingerprint density at radius 3 is 2.30 bits per heavy atom. The van der Waals surface area contributed by atoms with Crippen molar-refractivity contribution in [2.75, 3.05) is 6.61 Å². The first kappa shape index (κ1) is 26.8. The fourth-order valence-corrected chi connectivity index (χ4v) is 4.84. The van der Waals surface area contributed by atoms with Gasteiger partial charge in [0.05, 0.1) is 12.2 Å². The third-order valence-electron chi connectivity index (χ3n) is 7.04. The number of unbranched alkanes of at least 4 members (excludes halogenated alkanes) is 2. The largest absolute Gasteiger partial charge is 0.493 e. The number of carbonyl (C=O) groups is 1. The Bertz CT molecular complexity index is 1220. The van der Waals surface area contributed by atoms with Gasteiger partial charge in [-0.25, -0.2) is 18.0 Å². The first-order valence-electron chi connectivity index (χ1n) is 13.1. The molecule has 1 aliphatic rings. The zero-order valence-electron chi connectivity index (χ0n) is 21.4. The van der Waals surface area contributed by atoms with Gasteiger partial charge in [0, 0.05) is 11.6 Å². The van der Waals surface area contributed by atoms with Gasteiger partial charge in [0.25, 0.3) is 0 Å². The topological polar surface area (TPSA) is 35.5 Å². The summed E-state index contributed by atoms with van der Waals surface area (Å²) in [5.74, 6) is -2.86. The number of ether oxygens (including phenoxy) is 2. The first-order valence-corrected chi connectivity index (χ1v) is 13.1. The minimum atomic E-state index is -0.844. The Morgan fingerprint density at radius 2 is 1.62 bits per heavy atom. The highest BCUT2D eigenvalue weighted by Crippen LogP contribution is 2.38. The molecular formula is C31H33F3O3. The van der Waals surface area contributed by atoms with Crippen LogP contribution >= 0.6 is 0 Å². The molecule has 6 heteroatoms. The molecule has 0 radical (unpaired) electrons. The van der Waals surface area contributed by atoms with E-state index in [1.807, 2.05) is 19.1 Å². The highest BCUT2D eigenvalue weighted by atomic mass is 19.2. The van der Waals surface area contributed by atoms with E-state index in [1.165, 1.54) is 12.1 Å². The molecule has 3 aromatic rings. The van der Waals surface area contributed by atoms with Crippen LogP contribution in [0.3, 0.4) is 0 Å². The lowest BCUT2D eigenvalue weighted by atomic mass is 9.82. The number of carbonyl (C=O) groups excluding carboxylic acids is 1. The molecule has 4 rings (SSSR count). The van der Waals surface area contributed by atoms with Gasteiger partial charge in [0.2, 0.25) is 0 Å². The second kappa shape index (κ2) is 12.3. The monoisotopic (exact) mass is 510 g/mol. The van der Waals surface area contributed by atoms with Crippen LogP contribution < -0.4 is 4.74 Å². The molecule has 1 fully saturated rings. The average Bonchev–Trinajstić information content (AvgIpc) is 2.89. The van der Waals surface area contributed by atoms with Gasteiger partial charge < -0.3 is 9.47 Å². The average molecular weight is 511 g/mol. The second-order valence-corrected chi connectivity index (χ2v) is 9.77. The fourth-order valence-electron chi connectivity index (χ4n) is 4.84. The van der Waals surface area contributed by atoms with E-state index in [0.717, 1.165) is 24.8 Å². The molecule has 0 unspecified atom stereocenters. The Morgan fingerprint density at radius 1 is 0.892 bits per heavy atom. The molecule has 0 aliphatic heterocycles. The summed E-state index contributed by atoms with van der Waals surface area (Å²) in [6, 6.07) is 14.7. The number of hydrogen-bond donors (Lipinski definition) is 0. The van der Waals surface area contributed by atoms with E-state index in [-0.39, 0.29) is 17.0 Å². The first-order chi connectivity index (χ1) is 17.9. The van der Waals surface area contributed by atoms with Crippen LogP contribution in [-0.2, 0) is 4.74 Å². The van der Waals surface area contributed by atoms with E-state index < -0.39 is 29.5 Å². The predicted molar refractivity (Wildman–Crippen MR) is 138 cm³/mol. The Hall–Kier alpha value is -3.28. The van der Waals surface area contributed by atoms with E-state index in [1.54, 1.807) is 30.3 Å². The number of esters is 1. The summed E-state index contributed by atoms with van der Waals surface area (Å²) in [4.78, 5) is 12.6. The normalized spacial score (nSPS) is 17.4. The molecule has 0 N–H and O–H groups in total. The maximum absolute atomic E-state index is 15.0. The van der Waals surface area contributed by atoms with Crippen molar-refractivity contribution in [2.24, 2.45) is 0 Å². The summed E-state index contributed by atoms with van der Waals surface area (Å²) in [6.45, 7) is 4.53. The van der Waals surface area contributed by atoms with Gasteiger partial charge >= 0.3 is 5.97 Å². The lowest BCUT2D eigenvalue weighted by molar-refractivity contribution is 0.0189. The van der Waals surface area contributed by atoms with Crippen LogP contribution in [0.2, 0.25) is 0 Å². The van der Waals surface area contributed by atoms with Crippen molar-refractivity contribution < 1.29 is 27.4 Å². The molecule has 196 valence electrons. The second-order valence-electron chi connectivity index (χ2n) is 9.77. The standard InChI is InChI=1S/C31H33F3O3/c1-3-4-5-18-36-24-14-15-27(28(32)19-24)31(35)37-23-12-10-22(11-13-23)26-17-16-25(29(33)30(26)34)21-8-6-20(2)7-9-21/h6-9,14-17,19,22-23H,3-5,10-13,18H2,1-2H3. The van der Waals surface area contributed by atoms with Crippen molar-refractivity contribution in [3.05, 3.63) is 88.7 Å². The van der Waals surface area contributed by atoms with Crippen LogP contribution in [-0.4, -0.2) is 18.7 Å². The maximum Gasteiger partial charge on any atom is 0.341 e. The van der Waals surface area contributed by atoms with Gasteiger partial charge in [-0.2, -0.15) is 0 Å². The lowest BCUT2D eigenvalue weighted by Crippen LogP contribution is -2.24. The summed E-state index contributed by atoms with van der Waals surface area (Å²) in [5.41, 5.74) is 2.13. The van der Waals surface area contributed by atoms with Crippen LogP contribution in [0.15, 0.2) is 54.6 Å². The van der Waals surface area contributed by atoms with Gasteiger partial charge in [0.1, 0.15) is 17.7 Å². The predicted octanol–water partition coefficient (Wildman–Crippen LogP) is 8.53. The molecule has 0 spiro atoms. The summed E-state index contributed by atoms with van der Waals surface area (Å²) in [5, 5.41) is 0. The Labute approximate surface area is 216 Å². The lowest BCUT2D eigenvalue weighted by Gasteiger charge is -2.29. The molecule has 0 aromatic heterocycles. The highest BCUT2D eigenvalue weighted by molar-refractivity contribution is 5.90. The number of hydrogen-bond acceptors (Lipinski definition) is 3. The van der Waals surface area contributed by atoms with Gasteiger partial charge in [-0.05, 0) is 68.2 Å². The van der Waals surface area contributed by atoms with E-state index in [0.29, 0.717) is 49.2 Å². The van der Waals surface area contributed by atoms with Crippen molar-refractivity contribution in [3.63, 3.8) is 0 Å². The third kappa shape index (κ3) is 6.54. The van der Waals surface area contributed by atoms with E-state index >= 15 is 4.39 Å². The van der Waals surface area contributed by atoms with Crippen LogP contribution in [0.25, 0.3) is 11.1 Å². The van der Waals surface area contributed by atoms with Crippen LogP contribution in [0, 0.1) is 24.4 Å². The van der Waals surface area contributed by atoms with Gasteiger partial charge in [-0.3, -0.25) is 0 Å². The molecule has 0 heterocycles. The minimum absolute atomic E-state index is 0.136. The van der Waals surface area contributed by atoms with Crippen molar-refractivity contribution in [3.8, 4) is 16.9 Å². The summed E-state index contributed by atoms with van der Waals surface area (Å²) >= 11 is 0. The zero-order chi connectivity index (χ0) is 26.4. The Balaban J connectivity index is 1.34. The summed E-state index contributed by atoms with van der Waals surface area (Å²) in [7, 11) is 0. The minimum Gasteiger partial charge on any atom is -0.493 e. The summed E-state index contributed by atoms with van der Waals surface area (Å²) in [6.07, 6.45) is 4.68. The molecule has 1 aliphatic carbocycles. The van der Waals surface area contributed by atoms with Crippen molar-refractivity contribution >= 4 is 5.97 Å². The van der Waals surface area contributed by atoms with Crippen molar-refractivity contribution in [1.82, 2.24) is 0 Å². The molecule has 3 aromatic carbocycles. The number of benzene rings is 3. The van der Waals surface area contributed by atoms with Crippen LogP contribution in [0.5, 0.6) is 5.75 Å². The number of rotatable bonds is 9. The number of halogens is 3. The molecule has 37 heavy (non-hydrogen) atoms. The number of aryl methyl sites for hydroxylation is 1. The van der Waals surface area contributed by atoms with Gasteiger partial charge in [-0.1, -0.05) is 61.7 Å². The molecule has 3 nitrogen and oxygen atoms in total. The summed E-state index contributed by atoms with van der Waals surface area (Å²) < 4.78 is 55.5. The SMILES string of the molecule is CCCCCOc1ccc(C(=O)OC2CCC(c3ccc(-c4ccc(C)cc4)c(F)c3F)CC2)c(F)c1. The molecule has 0 amide bonds. The zero-order valence-corrected chi connectivity index (χ0v) is 21.4. The van der Waals surface area contributed by atoms with Crippen LogP contribution in [0.4, 0.5) is 13.2 Å². The van der Waals surface area contributed by atoms with E-state index in [4.69, 9.17) is 9.47 Å². The molecule has 0 atom stereocenters. The third-order valence-corrected chi connectivity index (χ3v) is 7.04.